The van der Waals surface area contributed by atoms with Gasteiger partial charge in [-0.3, -0.25) is 9.59 Å². The summed E-state index contributed by atoms with van der Waals surface area (Å²) in [5.74, 6) is 0.567. The molecule has 0 fully saturated rings. The van der Waals surface area contributed by atoms with Crippen LogP contribution in [0.5, 0.6) is 17.2 Å². The predicted octanol–water partition coefficient (Wildman–Crippen LogP) is 10.0. The molecule has 0 aliphatic heterocycles. The quantitative estimate of drug-likeness (QED) is 0.101. The van der Waals surface area contributed by atoms with Crippen LogP contribution < -0.4 is 14.8 Å². The minimum absolute atomic E-state index is 0.260. The summed E-state index contributed by atoms with van der Waals surface area (Å²) in [6, 6.07) is 40.0. The van der Waals surface area contributed by atoms with E-state index in [9.17, 15) is 14.7 Å². The van der Waals surface area contributed by atoms with Gasteiger partial charge in [0.1, 0.15) is 17.2 Å². The molecule has 2 N–H and O–H groups in total. The molecule has 1 amide bonds. The number of carboxylic acid groups (broad SMARTS) is 1. The van der Waals surface area contributed by atoms with Gasteiger partial charge in [-0.1, -0.05) is 114 Å². The molecule has 1 atom stereocenters. The van der Waals surface area contributed by atoms with E-state index in [4.69, 9.17) is 9.47 Å². The zero-order valence-electron chi connectivity index (χ0n) is 26.1. The Balaban J connectivity index is 1.18. The van der Waals surface area contributed by atoms with Crippen molar-refractivity contribution < 1.29 is 24.2 Å². The number of carbonyl (C=O) groups is 2. The molecule has 0 aromatic heterocycles. The highest BCUT2D eigenvalue weighted by atomic mass is 79.9. The summed E-state index contributed by atoms with van der Waals surface area (Å²) in [7, 11) is 0. The lowest BCUT2D eigenvalue weighted by Gasteiger charge is -2.19. The molecule has 0 saturated heterocycles. The summed E-state index contributed by atoms with van der Waals surface area (Å²) >= 11 is 3.46. The molecule has 1 unspecified atom stereocenters. The van der Waals surface area contributed by atoms with Crippen LogP contribution in [0, 0.1) is 0 Å². The molecule has 7 heteroatoms. The van der Waals surface area contributed by atoms with Crippen LogP contribution in [0.3, 0.4) is 0 Å². The number of ether oxygens (including phenoxy) is 2. The van der Waals surface area contributed by atoms with Crippen molar-refractivity contribution in [1.82, 2.24) is 5.32 Å². The van der Waals surface area contributed by atoms with E-state index in [1.807, 2.05) is 91.0 Å². The molecule has 0 radical (unpaired) electrons. The maximum Gasteiger partial charge on any atom is 0.305 e. The minimum Gasteiger partial charge on any atom is -0.493 e. The van der Waals surface area contributed by atoms with Crippen LogP contribution in [0.4, 0.5) is 0 Å². The molecule has 240 valence electrons. The number of amides is 1. The van der Waals surface area contributed by atoms with E-state index in [0.717, 1.165) is 59.2 Å². The van der Waals surface area contributed by atoms with Gasteiger partial charge < -0.3 is 19.9 Å². The third-order valence-electron chi connectivity index (χ3n) is 7.81. The Kier molecular flexibility index (Phi) is 12.2. The first-order chi connectivity index (χ1) is 22.9. The summed E-state index contributed by atoms with van der Waals surface area (Å²) in [6.07, 6.45) is 4.95. The summed E-state index contributed by atoms with van der Waals surface area (Å²) in [6.45, 7) is 0.493. The van der Waals surface area contributed by atoms with Crippen molar-refractivity contribution >= 4 is 27.8 Å². The van der Waals surface area contributed by atoms with Gasteiger partial charge in [0.25, 0.3) is 5.91 Å². The van der Waals surface area contributed by atoms with Gasteiger partial charge in [0.05, 0.1) is 24.6 Å². The number of nitrogens with one attached hydrogen (secondary N) is 1. The van der Waals surface area contributed by atoms with Crippen molar-refractivity contribution in [3.8, 4) is 28.4 Å². The summed E-state index contributed by atoms with van der Waals surface area (Å²) in [5, 5.41) is 12.6. The van der Waals surface area contributed by atoms with Crippen LogP contribution in [-0.2, 0) is 11.2 Å². The van der Waals surface area contributed by atoms with Gasteiger partial charge in [-0.2, -0.15) is 0 Å². The highest BCUT2D eigenvalue weighted by Crippen LogP contribution is 2.29. The lowest BCUT2D eigenvalue weighted by molar-refractivity contribution is -0.137. The molecule has 0 heterocycles. The van der Waals surface area contributed by atoms with Crippen molar-refractivity contribution in [3.63, 3.8) is 0 Å². The third-order valence-corrected chi connectivity index (χ3v) is 8.30. The topological polar surface area (TPSA) is 84.9 Å². The molecule has 5 aromatic rings. The Morgan fingerprint density at radius 2 is 1.32 bits per heavy atom. The van der Waals surface area contributed by atoms with Gasteiger partial charge in [-0.15, -0.1) is 0 Å². The van der Waals surface area contributed by atoms with E-state index < -0.39 is 17.9 Å². The number of carboxylic acids is 1. The second kappa shape index (κ2) is 17.2. The Bertz CT molecular complexity index is 1730. The zero-order valence-corrected chi connectivity index (χ0v) is 27.7. The van der Waals surface area contributed by atoms with Crippen LogP contribution in [0.15, 0.2) is 132 Å². The monoisotopic (exact) mass is 691 g/mol. The fourth-order valence-corrected chi connectivity index (χ4v) is 5.69. The number of halogens is 1. The first-order valence-corrected chi connectivity index (χ1v) is 16.7. The molecule has 5 aromatic carbocycles. The molecular formula is C40H38BrNO5. The van der Waals surface area contributed by atoms with E-state index >= 15 is 0 Å². The van der Waals surface area contributed by atoms with Gasteiger partial charge >= 0.3 is 5.97 Å². The molecule has 0 bridgehead atoms. The standard InChI is InChI=1S/C40H38BrNO5/c41-33-22-25-38(46-26-10-2-1-5-11-29-12-6-3-7-13-29)36(27-33)40(45)42-37(28-39(43)44)32-18-16-30(17-19-32)31-20-23-35(24-21-31)47-34-14-8-4-9-15-34/h3-4,6-9,12-25,27,37H,1-2,5,10-11,26,28H2,(H,42,45)(H,43,44). The SMILES string of the molecule is O=C(O)CC(NC(=O)c1cc(Br)ccc1OCCCCCCc1ccccc1)c1ccc(-c2ccc(Oc3ccccc3)cc2)cc1. The summed E-state index contributed by atoms with van der Waals surface area (Å²) in [4.78, 5) is 25.3. The molecule has 0 spiro atoms. The molecule has 47 heavy (non-hydrogen) atoms. The molecule has 5 rings (SSSR count). The van der Waals surface area contributed by atoms with Crippen molar-refractivity contribution in [2.75, 3.05) is 6.61 Å². The van der Waals surface area contributed by atoms with Crippen molar-refractivity contribution in [1.29, 1.82) is 0 Å². The number of hydrogen-bond acceptors (Lipinski definition) is 4. The van der Waals surface area contributed by atoms with E-state index in [1.165, 1.54) is 5.56 Å². The minimum atomic E-state index is -1.01. The fraction of sp³-hybridized carbons (Fsp3) is 0.200. The van der Waals surface area contributed by atoms with E-state index in [2.05, 4.69) is 45.5 Å². The predicted molar refractivity (Wildman–Crippen MR) is 189 cm³/mol. The van der Waals surface area contributed by atoms with Crippen LogP contribution in [0.1, 0.15) is 59.6 Å². The average Bonchev–Trinajstić information content (AvgIpc) is 3.09. The second-order valence-corrected chi connectivity index (χ2v) is 12.2. The van der Waals surface area contributed by atoms with Gasteiger partial charge in [-0.05, 0) is 84.0 Å². The average molecular weight is 693 g/mol. The normalized spacial score (nSPS) is 11.4. The number of rotatable bonds is 16. The third kappa shape index (κ3) is 10.3. The van der Waals surface area contributed by atoms with Crippen molar-refractivity contribution in [2.45, 2.75) is 44.6 Å². The Morgan fingerprint density at radius 3 is 2.00 bits per heavy atom. The van der Waals surface area contributed by atoms with Crippen LogP contribution >= 0.6 is 15.9 Å². The number of hydrogen-bond donors (Lipinski definition) is 2. The maximum absolute atomic E-state index is 13.5. The molecular weight excluding hydrogens is 654 g/mol. The highest BCUT2D eigenvalue weighted by Gasteiger charge is 2.22. The molecule has 0 aliphatic carbocycles. The number of benzene rings is 5. The fourth-order valence-electron chi connectivity index (χ4n) is 5.33. The largest absolute Gasteiger partial charge is 0.493 e. The molecule has 0 aliphatic rings. The number of para-hydroxylation sites is 1. The first-order valence-electron chi connectivity index (χ1n) is 15.9. The van der Waals surface area contributed by atoms with Gasteiger partial charge in [0.15, 0.2) is 0 Å². The Hall–Kier alpha value is -4.88. The first kappa shape index (κ1) is 33.5. The van der Waals surface area contributed by atoms with Gasteiger partial charge in [-0.25, -0.2) is 0 Å². The number of aryl methyl sites for hydroxylation is 1. The molecule has 6 nitrogen and oxygen atoms in total. The molecule has 0 saturated carbocycles. The zero-order chi connectivity index (χ0) is 32.8. The smallest absolute Gasteiger partial charge is 0.305 e. The number of aliphatic carboxylic acids is 1. The van der Waals surface area contributed by atoms with Crippen molar-refractivity contribution in [2.24, 2.45) is 0 Å². The van der Waals surface area contributed by atoms with Gasteiger partial charge in [0, 0.05) is 4.47 Å². The lowest BCUT2D eigenvalue weighted by atomic mass is 9.98. The van der Waals surface area contributed by atoms with E-state index in [-0.39, 0.29) is 6.42 Å². The second-order valence-electron chi connectivity index (χ2n) is 11.3. The van der Waals surface area contributed by atoms with E-state index in [0.29, 0.717) is 23.5 Å². The number of carbonyl (C=O) groups excluding carboxylic acids is 1. The summed E-state index contributed by atoms with van der Waals surface area (Å²) < 4.78 is 12.7. The van der Waals surface area contributed by atoms with Crippen LogP contribution in [0.25, 0.3) is 11.1 Å². The van der Waals surface area contributed by atoms with Crippen LogP contribution in [0.2, 0.25) is 0 Å². The summed E-state index contributed by atoms with van der Waals surface area (Å²) in [5.41, 5.74) is 4.35. The Labute approximate surface area is 284 Å². The van der Waals surface area contributed by atoms with Crippen LogP contribution in [-0.4, -0.2) is 23.6 Å². The number of unbranched alkanes of at least 4 members (excludes halogenated alkanes) is 3. The van der Waals surface area contributed by atoms with Gasteiger partial charge in [0.2, 0.25) is 0 Å². The Morgan fingerprint density at radius 1 is 0.702 bits per heavy atom. The lowest BCUT2D eigenvalue weighted by Crippen LogP contribution is -2.30. The van der Waals surface area contributed by atoms with E-state index in [1.54, 1.807) is 12.1 Å². The van der Waals surface area contributed by atoms with Crippen molar-refractivity contribution in [3.05, 3.63) is 149 Å². The highest BCUT2D eigenvalue weighted by molar-refractivity contribution is 9.10. The maximum atomic E-state index is 13.5.